The first kappa shape index (κ1) is 18.5. The first-order chi connectivity index (χ1) is 12.0. The maximum atomic E-state index is 11.7. The van der Waals surface area contributed by atoms with Gasteiger partial charge in [0.2, 0.25) is 0 Å². The molecule has 9 nitrogen and oxygen atoms in total. The van der Waals surface area contributed by atoms with E-state index in [9.17, 15) is 14.9 Å². The molecule has 1 aromatic rings. The molecule has 1 N–H and O–H groups in total. The minimum absolute atomic E-state index is 0.0724. The van der Waals surface area contributed by atoms with E-state index in [1.54, 1.807) is 31.0 Å². The third-order valence-electron chi connectivity index (χ3n) is 3.91. The van der Waals surface area contributed by atoms with Crippen LogP contribution in [0.1, 0.15) is 12.5 Å². The number of carbonyl (C=O) groups is 1. The van der Waals surface area contributed by atoms with E-state index in [1.165, 1.54) is 12.1 Å². The van der Waals surface area contributed by atoms with Crippen LogP contribution in [-0.2, 0) is 11.3 Å². The predicted molar refractivity (Wildman–Crippen MR) is 93.5 cm³/mol. The van der Waals surface area contributed by atoms with E-state index in [2.05, 4.69) is 15.2 Å². The quantitative estimate of drug-likeness (QED) is 0.382. The highest BCUT2D eigenvalue weighted by Crippen LogP contribution is 2.12. The van der Waals surface area contributed by atoms with Gasteiger partial charge < -0.3 is 19.9 Å². The van der Waals surface area contributed by atoms with Gasteiger partial charge in [0.15, 0.2) is 5.96 Å². The molecule has 0 radical (unpaired) electrons. The van der Waals surface area contributed by atoms with E-state index in [0.717, 1.165) is 11.5 Å². The summed E-state index contributed by atoms with van der Waals surface area (Å²) in [5, 5.41) is 13.9. The van der Waals surface area contributed by atoms with Crippen molar-refractivity contribution in [3.05, 3.63) is 39.9 Å². The molecular formula is C16H23N5O4. The number of hydrogen-bond donors (Lipinski definition) is 1. The third kappa shape index (κ3) is 5.07. The molecular weight excluding hydrogens is 326 g/mol. The fraction of sp³-hybridized carbons (Fsp3) is 0.500. The van der Waals surface area contributed by atoms with Crippen molar-refractivity contribution in [2.24, 2.45) is 4.99 Å². The average molecular weight is 349 g/mol. The van der Waals surface area contributed by atoms with Gasteiger partial charge >= 0.3 is 6.09 Å². The highest BCUT2D eigenvalue weighted by atomic mass is 16.6. The number of aliphatic imine (C=N–C) groups is 1. The number of nitrogens with one attached hydrogen (secondary N) is 1. The molecule has 0 atom stereocenters. The lowest BCUT2D eigenvalue weighted by Gasteiger charge is -2.35. The molecule has 1 aromatic carbocycles. The van der Waals surface area contributed by atoms with Gasteiger partial charge in [0, 0.05) is 51.9 Å². The van der Waals surface area contributed by atoms with Gasteiger partial charge in [-0.25, -0.2) is 4.79 Å². The van der Waals surface area contributed by atoms with Gasteiger partial charge in [-0.1, -0.05) is 12.1 Å². The number of ether oxygens (including phenoxy) is 1. The molecule has 0 saturated carbocycles. The van der Waals surface area contributed by atoms with Crippen molar-refractivity contribution in [3.8, 4) is 0 Å². The van der Waals surface area contributed by atoms with E-state index in [-0.39, 0.29) is 11.8 Å². The first-order valence-corrected chi connectivity index (χ1v) is 8.15. The van der Waals surface area contributed by atoms with Crippen LogP contribution < -0.4 is 5.32 Å². The Labute approximate surface area is 146 Å². The van der Waals surface area contributed by atoms with Gasteiger partial charge in [0.1, 0.15) is 0 Å². The van der Waals surface area contributed by atoms with Crippen LogP contribution in [0.25, 0.3) is 0 Å². The topological polar surface area (TPSA) is 100 Å². The molecule has 0 aliphatic carbocycles. The number of piperazine rings is 1. The second kappa shape index (κ2) is 8.86. The normalized spacial score (nSPS) is 15.0. The molecule has 0 spiro atoms. The predicted octanol–water partition coefficient (Wildman–Crippen LogP) is 1.44. The zero-order valence-electron chi connectivity index (χ0n) is 14.5. The zero-order chi connectivity index (χ0) is 18.2. The number of guanidine groups is 1. The summed E-state index contributed by atoms with van der Waals surface area (Å²) in [4.78, 5) is 30.0. The molecule has 1 fully saturated rings. The molecule has 1 aliphatic rings. The van der Waals surface area contributed by atoms with Crippen LogP contribution in [0.2, 0.25) is 0 Å². The number of nitro benzene ring substituents is 1. The van der Waals surface area contributed by atoms with E-state index in [4.69, 9.17) is 4.74 Å². The summed E-state index contributed by atoms with van der Waals surface area (Å²) in [7, 11) is 1.70. The summed E-state index contributed by atoms with van der Waals surface area (Å²) in [6.45, 7) is 5.17. The van der Waals surface area contributed by atoms with Crippen LogP contribution in [-0.4, -0.2) is 66.6 Å². The minimum atomic E-state index is -0.417. The maximum absolute atomic E-state index is 11.7. The highest BCUT2D eigenvalue weighted by Gasteiger charge is 2.23. The Morgan fingerprint density at radius 1 is 1.24 bits per heavy atom. The van der Waals surface area contributed by atoms with Crippen molar-refractivity contribution in [2.75, 3.05) is 39.8 Å². The molecule has 2 rings (SSSR count). The van der Waals surface area contributed by atoms with Crippen LogP contribution in [0, 0.1) is 10.1 Å². The minimum Gasteiger partial charge on any atom is -0.450 e. The Balaban J connectivity index is 1.85. The number of non-ortho nitro benzene ring substituents is 1. The van der Waals surface area contributed by atoms with Crippen LogP contribution in [0.3, 0.4) is 0 Å². The Kier molecular flexibility index (Phi) is 6.55. The van der Waals surface area contributed by atoms with Crippen LogP contribution in [0.4, 0.5) is 10.5 Å². The van der Waals surface area contributed by atoms with Crippen LogP contribution in [0.15, 0.2) is 29.3 Å². The molecule has 0 unspecified atom stereocenters. The fourth-order valence-electron chi connectivity index (χ4n) is 2.56. The van der Waals surface area contributed by atoms with Gasteiger partial charge in [0.25, 0.3) is 5.69 Å². The number of rotatable bonds is 4. The second-order valence-electron chi connectivity index (χ2n) is 5.50. The molecule has 1 saturated heterocycles. The lowest BCUT2D eigenvalue weighted by atomic mass is 10.2. The number of nitrogens with zero attached hydrogens (tertiary/aromatic N) is 4. The van der Waals surface area contributed by atoms with Crippen molar-refractivity contribution >= 4 is 17.7 Å². The average Bonchev–Trinajstić information content (AvgIpc) is 2.63. The van der Waals surface area contributed by atoms with Crippen molar-refractivity contribution < 1.29 is 14.5 Å². The molecule has 1 aliphatic heterocycles. The van der Waals surface area contributed by atoms with Gasteiger partial charge in [-0.15, -0.1) is 0 Å². The number of nitro groups is 1. The largest absolute Gasteiger partial charge is 0.450 e. The number of benzene rings is 1. The van der Waals surface area contributed by atoms with Crippen LogP contribution in [0.5, 0.6) is 0 Å². The fourth-order valence-corrected chi connectivity index (χ4v) is 2.56. The number of amides is 1. The van der Waals surface area contributed by atoms with E-state index >= 15 is 0 Å². The van der Waals surface area contributed by atoms with Crippen molar-refractivity contribution in [2.45, 2.75) is 13.5 Å². The summed E-state index contributed by atoms with van der Waals surface area (Å²) >= 11 is 0. The number of carbonyl (C=O) groups excluding carboxylic acids is 1. The first-order valence-electron chi connectivity index (χ1n) is 8.15. The molecule has 0 bridgehead atoms. The Morgan fingerprint density at radius 2 is 1.84 bits per heavy atom. The van der Waals surface area contributed by atoms with Crippen molar-refractivity contribution in [1.82, 2.24) is 15.1 Å². The Bertz CT molecular complexity index is 624. The van der Waals surface area contributed by atoms with Gasteiger partial charge in [-0.3, -0.25) is 15.1 Å². The SMILES string of the molecule is CCOC(=O)N1CCN(C(=NC)NCc2ccc([N+](=O)[O-])cc2)CC1. The number of hydrogen-bond acceptors (Lipinski definition) is 5. The molecule has 1 amide bonds. The Morgan fingerprint density at radius 3 is 2.36 bits per heavy atom. The van der Waals surface area contributed by atoms with Gasteiger partial charge in [0.05, 0.1) is 11.5 Å². The smallest absolute Gasteiger partial charge is 0.409 e. The maximum Gasteiger partial charge on any atom is 0.409 e. The Hall–Kier alpha value is -2.84. The van der Waals surface area contributed by atoms with Crippen molar-refractivity contribution in [3.63, 3.8) is 0 Å². The zero-order valence-corrected chi connectivity index (χ0v) is 14.5. The third-order valence-corrected chi connectivity index (χ3v) is 3.91. The lowest BCUT2D eigenvalue weighted by Crippen LogP contribution is -2.53. The lowest BCUT2D eigenvalue weighted by molar-refractivity contribution is -0.384. The molecule has 136 valence electrons. The summed E-state index contributed by atoms with van der Waals surface area (Å²) in [6, 6.07) is 6.41. The molecule has 0 aromatic heterocycles. The summed E-state index contributed by atoms with van der Waals surface area (Å²) in [5.74, 6) is 0.738. The van der Waals surface area contributed by atoms with Gasteiger partial charge in [-0.2, -0.15) is 0 Å². The van der Waals surface area contributed by atoms with Crippen LogP contribution >= 0.6 is 0 Å². The van der Waals surface area contributed by atoms with E-state index in [0.29, 0.717) is 39.3 Å². The molecule has 9 heteroatoms. The van der Waals surface area contributed by atoms with Crippen molar-refractivity contribution in [1.29, 1.82) is 0 Å². The van der Waals surface area contributed by atoms with E-state index in [1.807, 2.05) is 0 Å². The summed E-state index contributed by atoms with van der Waals surface area (Å²) in [6.07, 6.45) is -0.282. The van der Waals surface area contributed by atoms with Gasteiger partial charge in [-0.05, 0) is 12.5 Å². The van der Waals surface area contributed by atoms with E-state index < -0.39 is 4.92 Å². The highest BCUT2D eigenvalue weighted by molar-refractivity contribution is 5.80. The second-order valence-corrected chi connectivity index (χ2v) is 5.50. The molecule has 25 heavy (non-hydrogen) atoms. The standard InChI is InChI=1S/C16H23N5O4/c1-3-25-16(22)20-10-8-19(9-11-20)15(17-2)18-12-13-4-6-14(7-5-13)21(23)24/h4-7H,3,8-12H2,1-2H3,(H,17,18). The summed E-state index contributed by atoms with van der Waals surface area (Å²) < 4.78 is 5.01. The summed E-state index contributed by atoms with van der Waals surface area (Å²) in [5.41, 5.74) is 1.00. The monoisotopic (exact) mass is 349 g/mol. The molecule has 1 heterocycles.